The summed E-state index contributed by atoms with van der Waals surface area (Å²) >= 11 is 0. The van der Waals surface area contributed by atoms with Gasteiger partial charge in [-0.3, -0.25) is 9.78 Å². The van der Waals surface area contributed by atoms with Crippen LogP contribution >= 0.6 is 0 Å². The number of hydrogen-bond acceptors (Lipinski definition) is 3. The molecule has 0 saturated carbocycles. The number of imidazole rings is 1. The molecule has 152 valence electrons. The molecule has 3 aromatic rings. The Morgan fingerprint density at radius 3 is 2.31 bits per heavy atom. The van der Waals surface area contributed by atoms with E-state index in [4.69, 9.17) is 0 Å². The van der Waals surface area contributed by atoms with Crippen LogP contribution in [-0.2, 0) is 24.4 Å². The van der Waals surface area contributed by atoms with Crippen LogP contribution in [0.2, 0.25) is 0 Å². The molecule has 0 unspecified atom stereocenters. The zero-order valence-corrected chi connectivity index (χ0v) is 18.0. The van der Waals surface area contributed by atoms with E-state index in [9.17, 15) is 4.79 Å². The molecule has 0 aliphatic carbocycles. The van der Waals surface area contributed by atoms with Crippen LogP contribution in [0.25, 0.3) is 0 Å². The van der Waals surface area contributed by atoms with Gasteiger partial charge in [0.25, 0.3) is 0 Å². The lowest BCUT2D eigenvalue weighted by molar-refractivity contribution is -0.135. The lowest BCUT2D eigenvalue weighted by Crippen LogP contribution is -2.34. The summed E-state index contributed by atoms with van der Waals surface area (Å²) in [4.78, 5) is 23.4. The van der Waals surface area contributed by atoms with Crippen LogP contribution < -0.4 is 0 Å². The quantitative estimate of drug-likeness (QED) is 0.599. The molecule has 5 heteroatoms. The maximum absolute atomic E-state index is 12.9. The van der Waals surface area contributed by atoms with Gasteiger partial charge in [0, 0.05) is 43.8 Å². The molecule has 0 bridgehead atoms. The third-order valence-electron chi connectivity index (χ3n) is 5.23. The number of hydrogen-bond donors (Lipinski definition) is 0. The molecule has 1 aromatic carbocycles. The molecular weight excluding hydrogens is 360 g/mol. The molecule has 0 saturated heterocycles. The van der Waals surface area contributed by atoms with E-state index in [-0.39, 0.29) is 11.8 Å². The molecule has 2 heterocycles. The van der Waals surface area contributed by atoms with Crippen molar-refractivity contribution in [1.29, 1.82) is 0 Å². The molecule has 0 radical (unpaired) electrons. The van der Waals surface area contributed by atoms with Gasteiger partial charge in [0.15, 0.2) is 0 Å². The van der Waals surface area contributed by atoms with E-state index in [1.165, 1.54) is 22.3 Å². The van der Waals surface area contributed by atoms with Crippen LogP contribution in [-0.4, -0.2) is 25.3 Å². The second-order valence-corrected chi connectivity index (χ2v) is 8.05. The number of amides is 1. The molecular formula is C24H30N4O. The highest BCUT2D eigenvalue weighted by atomic mass is 16.2. The first kappa shape index (κ1) is 20.8. The topological polar surface area (TPSA) is 51.0 Å². The molecule has 0 spiro atoms. The van der Waals surface area contributed by atoms with E-state index in [1.54, 1.807) is 12.4 Å². The Morgan fingerprint density at radius 2 is 1.69 bits per heavy atom. The summed E-state index contributed by atoms with van der Waals surface area (Å²) in [5.41, 5.74) is 6.23. The summed E-state index contributed by atoms with van der Waals surface area (Å²) in [6.45, 7) is 12.1. The molecule has 0 atom stereocenters. The maximum Gasteiger partial charge on any atom is 0.225 e. The minimum Gasteiger partial charge on any atom is -0.331 e. The fourth-order valence-electron chi connectivity index (χ4n) is 3.72. The molecule has 0 aliphatic rings. The average Bonchev–Trinajstić information content (AvgIpc) is 3.11. The first-order valence-corrected chi connectivity index (χ1v) is 10.1. The van der Waals surface area contributed by atoms with E-state index < -0.39 is 0 Å². The number of benzene rings is 1. The first-order valence-electron chi connectivity index (χ1n) is 10.1. The molecule has 5 nitrogen and oxygen atoms in total. The van der Waals surface area contributed by atoms with Crippen molar-refractivity contribution < 1.29 is 4.79 Å². The standard InChI is InChI=1S/C24H30N4O/c1-17(2)24(29)28(14-21-6-8-25-9-7-21)16-23-26-10-11-27(23)15-22-19(4)12-18(3)13-20(22)5/h6-13,17H,14-16H2,1-5H3. The zero-order chi connectivity index (χ0) is 21.0. The second-order valence-electron chi connectivity index (χ2n) is 8.05. The molecule has 29 heavy (non-hydrogen) atoms. The SMILES string of the molecule is Cc1cc(C)c(Cn2ccnc2CN(Cc2ccncc2)C(=O)C(C)C)c(C)c1. The molecule has 1 amide bonds. The fraction of sp³-hybridized carbons (Fsp3) is 0.375. The Morgan fingerprint density at radius 1 is 1.03 bits per heavy atom. The van der Waals surface area contributed by atoms with Crippen molar-refractivity contribution in [3.63, 3.8) is 0 Å². The predicted molar refractivity (Wildman–Crippen MR) is 115 cm³/mol. The summed E-state index contributed by atoms with van der Waals surface area (Å²) in [6.07, 6.45) is 7.34. The minimum atomic E-state index is -0.0677. The lowest BCUT2D eigenvalue weighted by Gasteiger charge is -2.25. The van der Waals surface area contributed by atoms with Gasteiger partial charge in [-0.15, -0.1) is 0 Å². The minimum absolute atomic E-state index is 0.0677. The fourth-order valence-corrected chi connectivity index (χ4v) is 3.72. The summed E-state index contributed by atoms with van der Waals surface area (Å²) in [6, 6.07) is 8.34. The largest absolute Gasteiger partial charge is 0.331 e. The third kappa shape index (κ3) is 5.11. The number of pyridine rings is 1. The number of rotatable bonds is 7. The van der Waals surface area contributed by atoms with E-state index in [2.05, 4.69) is 47.4 Å². The van der Waals surface area contributed by atoms with Crippen LogP contribution in [0.1, 0.15) is 47.5 Å². The number of aryl methyl sites for hydroxylation is 3. The Balaban J connectivity index is 1.85. The summed E-state index contributed by atoms with van der Waals surface area (Å²) in [7, 11) is 0. The maximum atomic E-state index is 12.9. The van der Waals surface area contributed by atoms with Gasteiger partial charge >= 0.3 is 0 Å². The predicted octanol–water partition coefficient (Wildman–Crippen LogP) is 4.44. The van der Waals surface area contributed by atoms with Crippen LogP contribution in [0.3, 0.4) is 0 Å². The van der Waals surface area contributed by atoms with E-state index in [0.717, 1.165) is 17.9 Å². The third-order valence-corrected chi connectivity index (χ3v) is 5.23. The van der Waals surface area contributed by atoms with Crippen LogP contribution in [0.15, 0.2) is 49.1 Å². The van der Waals surface area contributed by atoms with E-state index >= 15 is 0 Å². The summed E-state index contributed by atoms with van der Waals surface area (Å²) in [5.74, 6) is 0.952. The molecule has 0 aliphatic heterocycles. The highest BCUT2D eigenvalue weighted by Gasteiger charge is 2.20. The van der Waals surface area contributed by atoms with Crippen LogP contribution in [0.5, 0.6) is 0 Å². The Kier molecular flexibility index (Phi) is 6.47. The Hall–Kier alpha value is -2.95. The van der Waals surface area contributed by atoms with Crippen molar-refractivity contribution in [3.05, 3.63) is 82.7 Å². The van der Waals surface area contributed by atoms with Gasteiger partial charge in [-0.2, -0.15) is 0 Å². The van der Waals surface area contributed by atoms with Crippen molar-refractivity contribution in [1.82, 2.24) is 19.4 Å². The van der Waals surface area contributed by atoms with E-state index in [0.29, 0.717) is 13.1 Å². The van der Waals surface area contributed by atoms with Crippen LogP contribution in [0.4, 0.5) is 0 Å². The summed E-state index contributed by atoms with van der Waals surface area (Å²) < 4.78 is 2.15. The first-order chi connectivity index (χ1) is 13.8. The van der Waals surface area contributed by atoms with Gasteiger partial charge in [-0.05, 0) is 55.2 Å². The van der Waals surface area contributed by atoms with Gasteiger partial charge in [0.2, 0.25) is 5.91 Å². The monoisotopic (exact) mass is 390 g/mol. The van der Waals surface area contributed by atoms with Crippen molar-refractivity contribution in [3.8, 4) is 0 Å². The van der Waals surface area contributed by atoms with Crippen molar-refractivity contribution in [2.24, 2.45) is 5.92 Å². The van der Waals surface area contributed by atoms with Gasteiger partial charge in [-0.1, -0.05) is 31.5 Å². The number of nitrogens with zero attached hydrogens (tertiary/aromatic N) is 4. The molecule has 2 aromatic heterocycles. The molecule has 0 N–H and O–H groups in total. The number of carbonyl (C=O) groups excluding carboxylic acids is 1. The Labute approximate surface area is 173 Å². The van der Waals surface area contributed by atoms with Crippen molar-refractivity contribution in [2.45, 2.75) is 54.3 Å². The second kappa shape index (κ2) is 9.03. The molecule has 0 fully saturated rings. The van der Waals surface area contributed by atoms with Gasteiger partial charge in [0.1, 0.15) is 5.82 Å². The normalized spacial score (nSPS) is 11.1. The van der Waals surface area contributed by atoms with Crippen molar-refractivity contribution >= 4 is 5.91 Å². The zero-order valence-electron chi connectivity index (χ0n) is 18.0. The van der Waals surface area contributed by atoms with Gasteiger partial charge < -0.3 is 9.47 Å². The average molecular weight is 391 g/mol. The summed E-state index contributed by atoms with van der Waals surface area (Å²) in [5, 5.41) is 0. The lowest BCUT2D eigenvalue weighted by atomic mass is 10.00. The van der Waals surface area contributed by atoms with Gasteiger partial charge in [-0.25, -0.2) is 4.98 Å². The highest BCUT2D eigenvalue weighted by Crippen LogP contribution is 2.19. The smallest absolute Gasteiger partial charge is 0.225 e. The Bertz CT molecular complexity index is 953. The van der Waals surface area contributed by atoms with Crippen LogP contribution in [0, 0.1) is 26.7 Å². The highest BCUT2D eigenvalue weighted by molar-refractivity contribution is 5.78. The van der Waals surface area contributed by atoms with Gasteiger partial charge in [0.05, 0.1) is 6.54 Å². The number of carbonyl (C=O) groups is 1. The molecule has 3 rings (SSSR count). The van der Waals surface area contributed by atoms with Crippen molar-refractivity contribution in [2.75, 3.05) is 0 Å². The number of aromatic nitrogens is 3. The van der Waals surface area contributed by atoms with E-state index in [1.807, 2.05) is 43.3 Å².